The summed E-state index contributed by atoms with van der Waals surface area (Å²) in [6.45, 7) is 9.58. The lowest BCUT2D eigenvalue weighted by Crippen LogP contribution is -2.34. The molecule has 0 saturated heterocycles. The fourth-order valence-electron chi connectivity index (χ4n) is 3.38. The SMILES string of the molecule is CCN(CC)CCC[C@H](C)NC(=O)c1cc(-c2ccco2)nn1-c1ccccc1. The number of nitrogens with zero attached hydrogens (tertiary/aromatic N) is 3. The standard InChI is InChI=1S/C23H30N4O2/c1-4-26(5-2)15-9-11-18(3)24-23(28)21-17-20(22-14-10-16-29-22)25-27(21)19-12-7-6-8-13-19/h6-8,10,12-14,16-18H,4-5,9,11,15H2,1-3H3,(H,24,28)/t18-/m0/s1. The minimum absolute atomic E-state index is 0.0873. The number of furan rings is 1. The highest BCUT2D eigenvalue weighted by Crippen LogP contribution is 2.22. The Hall–Kier alpha value is -2.86. The summed E-state index contributed by atoms with van der Waals surface area (Å²) in [6, 6.07) is 15.2. The Kier molecular flexibility index (Phi) is 7.25. The Labute approximate surface area is 172 Å². The van der Waals surface area contributed by atoms with Crippen LogP contribution in [0.4, 0.5) is 0 Å². The Morgan fingerprint density at radius 1 is 1.17 bits per heavy atom. The van der Waals surface area contributed by atoms with Crippen molar-refractivity contribution in [2.24, 2.45) is 0 Å². The fourth-order valence-corrected chi connectivity index (χ4v) is 3.38. The second kappa shape index (κ2) is 10.1. The van der Waals surface area contributed by atoms with E-state index >= 15 is 0 Å². The van der Waals surface area contributed by atoms with E-state index in [0.29, 0.717) is 17.1 Å². The molecule has 6 nitrogen and oxygen atoms in total. The summed E-state index contributed by atoms with van der Waals surface area (Å²) in [5, 5.41) is 7.74. The van der Waals surface area contributed by atoms with Gasteiger partial charge >= 0.3 is 0 Å². The van der Waals surface area contributed by atoms with Crippen molar-refractivity contribution in [1.82, 2.24) is 20.0 Å². The van der Waals surface area contributed by atoms with Crippen molar-refractivity contribution < 1.29 is 9.21 Å². The molecule has 0 radical (unpaired) electrons. The number of benzene rings is 1. The van der Waals surface area contributed by atoms with Crippen LogP contribution in [0.2, 0.25) is 0 Å². The van der Waals surface area contributed by atoms with E-state index < -0.39 is 0 Å². The fraction of sp³-hybridized carbons (Fsp3) is 0.391. The third-order valence-electron chi connectivity index (χ3n) is 5.10. The molecule has 0 aliphatic heterocycles. The molecule has 1 amide bonds. The van der Waals surface area contributed by atoms with Crippen LogP contribution in [0.1, 0.15) is 44.1 Å². The second-order valence-corrected chi connectivity index (χ2v) is 7.18. The summed E-state index contributed by atoms with van der Waals surface area (Å²) in [5.74, 6) is 0.510. The van der Waals surface area contributed by atoms with Crippen LogP contribution >= 0.6 is 0 Å². The van der Waals surface area contributed by atoms with Crippen molar-refractivity contribution in [3.63, 3.8) is 0 Å². The van der Waals surface area contributed by atoms with Gasteiger partial charge in [0, 0.05) is 12.1 Å². The van der Waals surface area contributed by atoms with Gasteiger partial charge in [-0.25, -0.2) is 4.68 Å². The minimum Gasteiger partial charge on any atom is -0.463 e. The number of hydrogen-bond donors (Lipinski definition) is 1. The van der Waals surface area contributed by atoms with Crippen LogP contribution in [-0.4, -0.2) is 46.3 Å². The zero-order valence-corrected chi connectivity index (χ0v) is 17.5. The first kappa shape index (κ1) is 20.9. The third kappa shape index (κ3) is 5.35. The molecule has 0 unspecified atom stereocenters. The van der Waals surface area contributed by atoms with Crippen LogP contribution in [0.25, 0.3) is 17.1 Å². The minimum atomic E-state index is -0.130. The predicted molar refractivity (Wildman–Crippen MR) is 115 cm³/mol. The van der Waals surface area contributed by atoms with Gasteiger partial charge in [0.05, 0.1) is 12.0 Å². The average Bonchev–Trinajstić information content (AvgIpc) is 3.41. The number of carbonyl (C=O) groups excluding carboxylic acids is 1. The topological polar surface area (TPSA) is 63.3 Å². The van der Waals surface area contributed by atoms with Crippen molar-refractivity contribution in [2.75, 3.05) is 19.6 Å². The molecule has 1 atom stereocenters. The lowest BCUT2D eigenvalue weighted by Gasteiger charge is -2.20. The molecular weight excluding hydrogens is 364 g/mol. The highest BCUT2D eigenvalue weighted by Gasteiger charge is 2.20. The van der Waals surface area contributed by atoms with Gasteiger partial charge in [0.1, 0.15) is 11.4 Å². The molecule has 154 valence electrons. The molecule has 2 aromatic heterocycles. The van der Waals surface area contributed by atoms with Crippen LogP contribution in [0, 0.1) is 0 Å². The summed E-state index contributed by atoms with van der Waals surface area (Å²) in [4.78, 5) is 15.4. The maximum atomic E-state index is 13.0. The Morgan fingerprint density at radius 2 is 1.93 bits per heavy atom. The highest BCUT2D eigenvalue weighted by atomic mass is 16.3. The summed E-state index contributed by atoms with van der Waals surface area (Å²) >= 11 is 0. The van der Waals surface area contributed by atoms with Gasteiger partial charge in [-0.05, 0) is 63.7 Å². The number of aromatic nitrogens is 2. The molecule has 0 bridgehead atoms. The Bertz CT molecular complexity index is 883. The zero-order chi connectivity index (χ0) is 20.6. The molecular formula is C23H30N4O2. The summed E-state index contributed by atoms with van der Waals surface area (Å²) in [6.07, 6.45) is 3.60. The van der Waals surface area contributed by atoms with E-state index in [-0.39, 0.29) is 11.9 Å². The monoisotopic (exact) mass is 394 g/mol. The Balaban J connectivity index is 1.73. The maximum absolute atomic E-state index is 13.0. The molecule has 1 N–H and O–H groups in total. The molecule has 3 rings (SSSR count). The lowest BCUT2D eigenvalue weighted by atomic mass is 10.1. The molecule has 6 heteroatoms. The number of carbonyl (C=O) groups is 1. The molecule has 2 heterocycles. The van der Waals surface area contributed by atoms with Crippen LogP contribution < -0.4 is 5.32 Å². The second-order valence-electron chi connectivity index (χ2n) is 7.18. The molecule has 3 aromatic rings. The number of amides is 1. The van der Waals surface area contributed by atoms with E-state index in [1.54, 1.807) is 17.0 Å². The van der Waals surface area contributed by atoms with Crippen molar-refractivity contribution in [1.29, 1.82) is 0 Å². The quantitative estimate of drug-likeness (QED) is 0.554. The maximum Gasteiger partial charge on any atom is 0.270 e. The van der Waals surface area contributed by atoms with Crippen molar-refractivity contribution in [3.8, 4) is 17.1 Å². The first-order valence-electron chi connectivity index (χ1n) is 10.3. The molecule has 0 aliphatic carbocycles. The van der Waals surface area contributed by atoms with Crippen molar-refractivity contribution in [2.45, 2.75) is 39.7 Å². The zero-order valence-electron chi connectivity index (χ0n) is 17.5. The number of hydrogen-bond acceptors (Lipinski definition) is 4. The molecule has 29 heavy (non-hydrogen) atoms. The van der Waals surface area contributed by atoms with E-state index in [1.807, 2.05) is 42.5 Å². The summed E-state index contributed by atoms with van der Waals surface area (Å²) < 4.78 is 7.15. The van der Waals surface area contributed by atoms with E-state index in [1.165, 1.54) is 0 Å². The normalized spacial score (nSPS) is 12.3. The third-order valence-corrected chi connectivity index (χ3v) is 5.10. The highest BCUT2D eigenvalue weighted by molar-refractivity contribution is 5.94. The van der Waals surface area contributed by atoms with Crippen molar-refractivity contribution in [3.05, 3.63) is 60.5 Å². The van der Waals surface area contributed by atoms with Gasteiger partial charge in [0.25, 0.3) is 5.91 Å². The first-order chi connectivity index (χ1) is 14.1. The number of rotatable bonds is 10. The predicted octanol–water partition coefficient (Wildman–Crippen LogP) is 4.37. The van der Waals surface area contributed by atoms with E-state index in [0.717, 1.165) is 38.2 Å². The van der Waals surface area contributed by atoms with Crippen molar-refractivity contribution >= 4 is 5.91 Å². The molecule has 0 aliphatic rings. The molecule has 1 aromatic carbocycles. The van der Waals surface area contributed by atoms with Gasteiger partial charge in [-0.3, -0.25) is 4.79 Å². The van der Waals surface area contributed by atoms with E-state index in [2.05, 4.69) is 36.1 Å². The van der Waals surface area contributed by atoms with Crippen LogP contribution in [0.3, 0.4) is 0 Å². The van der Waals surface area contributed by atoms with Gasteiger partial charge in [0.15, 0.2) is 5.76 Å². The van der Waals surface area contributed by atoms with Gasteiger partial charge in [-0.15, -0.1) is 0 Å². The summed E-state index contributed by atoms with van der Waals surface area (Å²) in [5.41, 5.74) is 1.97. The largest absolute Gasteiger partial charge is 0.463 e. The lowest BCUT2D eigenvalue weighted by molar-refractivity contribution is 0.0929. The van der Waals surface area contributed by atoms with Crippen LogP contribution in [0.5, 0.6) is 0 Å². The van der Waals surface area contributed by atoms with Crippen LogP contribution in [-0.2, 0) is 0 Å². The van der Waals surface area contributed by atoms with E-state index in [4.69, 9.17) is 4.42 Å². The smallest absolute Gasteiger partial charge is 0.270 e. The first-order valence-corrected chi connectivity index (χ1v) is 10.3. The van der Waals surface area contributed by atoms with Gasteiger partial charge in [-0.2, -0.15) is 5.10 Å². The molecule has 0 spiro atoms. The summed E-state index contributed by atoms with van der Waals surface area (Å²) in [7, 11) is 0. The van der Waals surface area contributed by atoms with Crippen LogP contribution in [0.15, 0.2) is 59.2 Å². The number of para-hydroxylation sites is 1. The van der Waals surface area contributed by atoms with Gasteiger partial charge < -0.3 is 14.6 Å². The van der Waals surface area contributed by atoms with E-state index in [9.17, 15) is 4.79 Å². The molecule has 0 fully saturated rings. The van der Waals surface area contributed by atoms with Gasteiger partial charge in [0.2, 0.25) is 0 Å². The van der Waals surface area contributed by atoms with Gasteiger partial charge in [-0.1, -0.05) is 32.0 Å². The molecule has 0 saturated carbocycles. The Morgan fingerprint density at radius 3 is 2.59 bits per heavy atom. The average molecular weight is 395 g/mol. The number of nitrogens with one attached hydrogen (secondary N) is 1.